The fraction of sp³-hybridized carbons (Fsp3) is 0.650. The van der Waals surface area contributed by atoms with Gasteiger partial charge in [-0.1, -0.05) is 36.9 Å². The first-order chi connectivity index (χ1) is 12.5. The summed E-state index contributed by atoms with van der Waals surface area (Å²) in [6.45, 7) is 1.83. The van der Waals surface area contributed by atoms with Crippen LogP contribution in [0.1, 0.15) is 44.9 Å². The van der Waals surface area contributed by atoms with Crippen molar-refractivity contribution in [2.75, 3.05) is 26.2 Å². The number of rotatable bonds is 6. The molecule has 1 aromatic carbocycles. The van der Waals surface area contributed by atoms with Gasteiger partial charge in [0.25, 0.3) is 0 Å². The van der Waals surface area contributed by atoms with E-state index in [-0.39, 0.29) is 12.5 Å². The molecule has 1 heterocycles. The molecule has 0 aromatic heterocycles. The second-order valence-corrected chi connectivity index (χ2v) is 8.12. The van der Waals surface area contributed by atoms with E-state index in [4.69, 9.17) is 16.3 Å². The van der Waals surface area contributed by atoms with Crippen molar-refractivity contribution in [3.05, 3.63) is 29.3 Å². The van der Waals surface area contributed by atoms with Crippen molar-refractivity contribution < 1.29 is 14.6 Å². The number of nitrogens with zero attached hydrogens (tertiary/aromatic N) is 1. The number of benzene rings is 1. The standard InChI is InChI=1S/C20H29ClN2O3/c21-16-6-4-9-18(12-16)26-15-20(25)10-5-11-23(14-20)13-19(24)22-17-7-2-1-3-8-17/h4,6,9,12,17,25H,1-3,5,7-8,10-11,13-15H2,(H,22,24). The molecule has 1 atom stereocenters. The van der Waals surface area contributed by atoms with Crippen LogP contribution in [0.5, 0.6) is 5.75 Å². The lowest BCUT2D eigenvalue weighted by Crippen LogP contribution is -2.54. The van der Waals surface area contributed by atoms with Gasteiger partial charge in [0.15, 0.2) is 0 Å². The van der Waals surface area contributed by atoms with E-state index in [1.54, 1.807) is 12.1 Å². The van der Waals surface area contributed by atoms with Crippen LogP contribution in [0.15, 0.2) is 24.3 Å². The van der Waals surface area contributed by atoms with E-state index in [9.17, 15) is 9.90 Å². The third-order valence-corrected chi connectivity index (χ3v) is 5.51. The molecule has 1 amide bonds. The van der Waals surface area contributed by atoms with Gasteiger partial charge >= 0.3 is 0 Å². The molecule has 0 spiro atoms. The number of halogens is 1. The van der Waals surface area contributed by atoms with Gasteiger partial charge in [0.2, 0.25) is 5.91 Å². The van der Waals surface area contributed by atoms with Gasteiger partial charge in [0, 0.05) is 17.6 Å². The van der Waals surface area contributed by atoms with E-state index < -0.39 is 5.60 Å². The lowest BCUT2D eigenvalue weighted by molar-refractivity contribution is -0.125. The van der Waals surface area contributed by atoms with Crippen molar-refractivity contribution in [1.29, 1.82) is 0 Å². The van der Waals surface area contributed by atoms with E-state index in [1.807, 2.05) is 17.0 Å². The lowest BCUT2D eigenvalue weighted by atomic mass is 9.93. The first kappa shape index (κ1) is 19.5. The molecule has 1 saturated carbocycles. The van der Waals surface area contributed by atoms with Crippen LogP contribution in [-0.2, 0) is 4.79 Å². The molecule has 26 heavy (non-hydrogen) atoms. The number of ether oxygens (including phenoxy) is 1. The van der Waals surface area contributed by atoms with E-state index in [1.165, 1.54) is 19.3 Å². The van der Waals surface area contributed by atoms with Crippen LogP contribution in [0, 0.1) is 0 Å². The lowest BCUT2D eigenvalue weighted by Gasteiger charge is -2.38. The van der Waals surface area contributed by atoms with Crippen molar-refractivity contribution >= 4 is 17.5 Å². The van der Waals surface area contributed by atoms with Crippen LogP contribution in [0.4, 0.5) is 0 Å². The number of nitrogens with one attached hydrogen (secondary N) is 1. The molecule has 2 aliphatic rings. The highest BCUT2D eigenvalue weighted by molar-refractivity contribution is 6.30. The Morgan fingerprint density at radius 3 is 2.88 bits per heavy atom. The molecular weight excluding hydrogens is 352 g/mol. The summed E-state index contributed by atoms with van der Waals surface area (Å²) in [5.41, 5.74) is -0.939. The molecule has 144 valence electrons. The summed E-state index contributed by atoms with van der Waals surface area (Å²) in [4.78, 5) is 14.4. The largest absolute Gasteiger partial charge is 0.490 e. The number of hydrogen-bond donors (Lipinski definition) is 2. The zero-order valence-electron chi connectivity index (χ0n) is 15.3. The number of amides is 1. The first-order valence-corrected chi connectivity index (χ1v) is 10.0. The first-order valence-electron chi connectivity index (χ1n) is 9.65. The zero-order valence-corrected chi connectivity index (χ0v) is 16.0. The number of aliphatic hydroxyl groups is 1. The smallest absolute Gasteiger partial charge is 0.234 e. The number of carbonyl (C=O) groups excluding carboxylic acids is 1. The average molecular weight is 381 g/mol. The Bertz CT molecular complexity index is 606. The third-order valence-electron chi connectivity index (χ3n) is 5.28. The summed E-state index contributed by atoms with van der Waals surface area (Å²) >= 11 is 5.97. The fourth-order valence-corrected chi connectivity index (χ4v) is 4.14. The van der Waals surface area contributed by atoms with Crippen molar-refractivity contribution in [3.8, 4) is 5.75 Å². The Morgan fingerprint density at radius 2 is 2.12 bits per heavy atom. The Hall–Kier alpha value is -1.30. The number of hydrogen-bond acceptors (Lipinski definition) is 4. The highest BCUT2D eigenvalue weighted by atomic mass is 35.5. The number of piperidine rings is 1. The van der Waals surface area contributed by atoms with Crippen LogP contribution in [0.3, 0.4) is 0 Å². The minimum absolute atomic E-state index is 0.0666. The Kier molecular flexibility index (Phi) is 6.79. The van der Waals surface area contributed by atoms with Gasteiger partial charge < -0.3 is 15.2 Å². The molecule has 1 aromatic rings. The van der Waals surface area contributed by atoms with Gasteiger partial charge in [0.05, 0.1) is 6.54 Å². The number of carbonyl (C=O) groups is 1. The summed E-state index contributed by atoms with van der Waals surface area (Å²) in [5.74, 6) is 0.718. The molecule has 1 aliphatic carbocycles. The number of β-amino-alcohol motifs (C(OH)–C–C–N with tert-alkyl or cyclic N) is 1. The minimum Gasteiger partial charge on any atom is -0.490 e. The van der Waals surface area contributed by atoms with Crippen molar-refractivity contribution in [2.24, 2.45) is 0 Å². The molecule has 2 N–H and O–H groups in total. The van der Waals surface area contributed by atoms with E-state index in [0.717, 1.165) is 25.8 Å². The summed E-state index contributed by atoms with van der Waals surface area (Å²) in [5, 5.41) is 14.6. The number of likely N-dealkylation sites (tertiary alicyclic amines) is 1. The highest BCUT2D eigenvalue weighted by Crippen LogP contribution is 2.24. The maximum Gasteiger partial charge on any atom is 0.234 e. The van der Waals surface area contributed by atoms with E-state index in [0.29, 0.717) is 36.3 Å². The summed E-state index contributed by atoms with van der Waals surface area (Å²) in [7, 11) is 0. The average Bonchev–Trinajstić information content (AvgIpc) is 2.61. The predicted octanol–water partition coefficient (Wildman–Crippen LogP) is 2.99. The van der Waals surface area contributed by atoms with Crippen LogP contribution in [0.2, 0.25) is 5.02 Å². The molecular formula is C20H29ClN2O3. The highest BCUT2D eigenvalue weighted by Gasteiger charge is 2.35. The second kappa shape index (κ2) is 9.07. The normalized spacial score (nSPS) is 25.0. The second-order valence-electron chi connectivity index (χ2n) is 7.69. The topological polar surface area (TPSA) is 61.8 Å². The predicted molar refractivity (Wildman–Crippen MR) is 103 cm³/mol. The van der Waals surface area contributed by atoms with Gasteiger partial charge in [-0.05, 0) is 50.4 Å². The molecule has 0 bridgehead atoms. The van der Waals surface area contributed by atoms with Crippen molar-refractivity contribution in [3.63, 3.8) is 0 Å². The molecule has 1 saturated heterocycles. The molecule has 5 nitrogen and oxygen atoms in total. The Morgan fingerprint density at radius 1 is 1.31 bits per heavy atom. The fourth-order valence-electron chi connectivity index (χ4n) is 3.96. The minimum atomic E-state index is -0.939. The van der Waals surface area contributed by atoms with Crippen molar-refractivity contribution in [1.82, 2.24) is 10.2 Å². The van der Waals surface area contributed by atoms with E-state index in [2.05, 4.69) is 5.32 Å². The molecule has 6 heteroatoms. The zero-order chi connectivity index (χ0) is 18.4. The van der Waals surface area contributed by atoms with Crippen LogP contribution < -0.4 is 10.1 Å². The monoisotopic (exact) mass is 380 g/mol. The summed E-state index contributed by atoms with van der Waals surface area (Å²) < 4.78 is 5.74. The molecule has 0 radical (unpaired) electrons. The van der Waals surface area contributed by atoms with Crippen LogP contribution in [0.25, 0.3) is 0 Å². The molecule has 1 aliphatic heterocycles. The van der Waals surface area contributed by atoms with Gasteiger partial charge in [-0.3, -0.25) is 9.69 Å². The Balaban J connectivity index is 1.47. The molecule has 2 fully saturated rings. The van der Waals surface area contributed by atoms with Crippen LogP contribution >= 0.6 is 11.6 Å². The summed E-state index contributed by atoms with van der Waals surface area (Å²) in [6, 6.07) is 7.50. The van der Waals surface area contributed by atoms with Gasteiger partial charge in [-0.25, -0.2) is 0 Å². The molecule has 3 rings (SSSR count). The van der Waals surface area contributed by atoms with Gasteiger partial charge in [-0.2, -0.15) is 0 Å². The Labute approximate surface area is 160 Å². The summed E-state index contributed by atoms with van der Waals surface area (Å²) in [6.07, 6.45) is 7.38. The van der Waals surface area contributed by atoms with Crippen molar-refractivity contribution in [2.45, 2.75) is 56.6 Å². The molecule has 1 unspecified atom stereocenters. The maximum absolute atomic E-state index is 12.3. The third kappa shape index (κ3) is 5.86. The van der Waals surface area contributed by atoms with E-state index >= 15 is 0 Å². The van der Waals surface area contributed by atoms with Gasteiger partial charge in [0.1, 0.15) is 18.0 Å². The quantitative estimate of drug-likeness (QED) is 0.796. The van der Waals surface area contributed by atoms with Crippen LogP contribution in [-0.4, -0.2) is 53.8 Å². The SMILES string of the molecule is O=C(CN1CCCC(O)(COc2cccc(Cl)c2)C1)NC1CCCCC1. The maximum atomic E-state index is 12.3. The van der Waals surface area contributed by atoms with Gasteiger partial charge in [-0.15, -0.1) is 0 Å².